The average Bonchev–Trinajstić information content (AvgIpc) is 3.06. The molecule has 1 fully saturated rings. The molecule has 140 valence electrons. The number of rotatable bonds is 6. The van der Waals surface area contributed by atoms with Gasteiger partial charge in [0.2, 0.25) is 0 Å². The van der Waals surface area contributed by atoms with Crippen molar-refractivity contribution in [3.63, 3.8) is 0 Å². The van der Waals surface area contributed by atoms with Gasteiger partial charge in [-0.1, -0.05) is 19.1 Å². The third-order valence-electron chi connectivity index (χ3n) is 4.65. The number of nitrogens with one attached hydrogen (secondary N) is 1. The van der Waals surface area contributed by atoms with Crippen LogP contribution in [-0.2, 0) is 10.0 Å². The summed E-state index contributed by atoms with van der Waals surface area (Å²) in [6.07, 6.45) is 2.23. The minimum absolute atomic E-state index is 0.313. The lowest BCUT2D eigenvalue weighted by molar-refractivity contribution is 0.335. The van der Waals surface area contributed by atoms with Gasteiger partial charge < -0.3 is 4.90 Å². The molecule has 26 heavy (non-hydrogen) atoms. The van der Waals surface area contributed by atoms with Crippen LogP contribution < -0.4 is 4.72 Å². The Morgan fingerprint density at radius 3 is 2.50 bits per heavy atom. The summed E-state index contributed by atoms with van der Waals surface area (Å²) in [5.41, 5.74) is 1.57. The number of likely N-dealkylation sites (tertiary alicyclic amines) is 1. The predicted octanol–water partition coefficient (Wildman–Crippen LogP) is 3.96. The SMILES string of the molecule is CCCN1CC[C@@H](c2ccc(NS(=O)(=O)c3ccc(F)c(F)c3)cc2)C1. The van der Waals surface area contributed by atoms with Crippen LogP contribution in [0.25, 0.3) is 0 Å². The lowest BCUT2D eigenvalue weighted by atomic mass is 9.98. The maximum atomic E-state index is 13.3. The van der Waals surface area contributed by atoms with E-state index in [1.807, 2.05) is 12.1 Å². The smallest absolute Gasteiger partial charge is 0.261 e. The van der Waals surface area contributed by atoms with Gasteiger partial charge >= 0.3 is 0 Å². The second kappa shape index (κ2) is 7.72. The molecule has 1 saturated heterocycles. The minimum atomic E-state index is -3.97. The van der Waals surface area contributed by atoms with Crippen LogP contribution in [0.4, 0.5) is 14.5 Å². The first-order valence-corrected chi connectivity index (χ1v) is 10.2. The molecule has 0 unspecified atom stereocenters. The zero-order chi connectivity index (χ0) is 18.7. The highest BCUT2D eigenvalue weighted by Crippen LogP contribution is 2.28. The van der Waals surface area contributed by atoms with Crippen LogP contribution in [0.3, 0.4) is 0 Å². The van der Waals surface area contributed by atoms with Crippen LogP contribution in [0.2, 0.25) is 0 Å². The topological polar surface area (TPSA) is 49.4 Å². The molecule has 3 rings (SSSR count). The number of hydrogen-bond acceptors (Lipinski definition) is 3. The van der Waals surface area contributed by atoms with Crippen molar-refractivity contribution in [2.45, 2.75) is 30.6 Å². The van der Waals surface area contributed by atoms with E-state index in [1.54, 1.807) is 12.1 Å². The van der Waals surface area contributed by atoms with E-state index in [-0.39, 0.29) is 4.90 Å². The van der Waals surface area contributed by atoms with Gasteiger partial charge in [-0.3, -0.25) is 4.72 Å². The van der Waals surface area contributed by atoms with Crippen LogP contribution in [-0.4, -0.2) is 33.0 Å². The van der Waals surface area contributed by atoms with Crippen molar-refractivity contribution in [1.29, 1.82) is 0 Å². The molecule has 1 atom stereocenters. The Kier molecular flexibility index (Phi) is 5.58. The van der Waals surface area contributed by atoms with E-state index >= 15 is 0 Å². The maximum Gasteiger partial charge on any atom is 0.261 e. The van der Waals surface area contributed by atoms with Crippen molar-refractivity contribution >= 4 is 15.7 Å². The Hall–Kier alpha value is -1.99. The lowest BCUT2D eigenvalue weighted by Crippen LogP contribution is -2.20. The summed E-state index contributed by atoms with van der Waals surface area (Å²) in [5, 5.41) is 0. The Balaban J connectivity index is 1.70. The Labute approximate surface area is 152 Å². The van der Waals surface area contributed by atoms with Crippen molar-refractivity contribution in [1.82, 2.24) is 4.90 Å². The van der Waals surface area contributed by atoms with E-state index in [0.717, 1.165) is 44.6 Å². The Bertz CT molecular complexity index is 870. The molecule has 1 heterocycles. The van der Waals surface area contributed by atoms with E-state index in [4.69, 9.17) is 0 Å². The summed E-state index contributed by atoms with van der Waals surface area (Å²) in [4.78, 5) is 2.12. The molecule has 0 spiro atoms. The molecule has 2 aromatic rings. The fraction of sp³-hybridized carbons (Fsp3) is 0.368. The summed E-state index contributed by atoms with van der Waals surface area (Å²) in [7, 11) is -3.97. The fourth-order valence-electron chi connectivity index (χ4n) is 3.31. The molecule has 1 aliphatic heterocycles. The highest BCUT2D eigenvalue weighted by atomic mass is 32.2. The number of sulfonamides is 1. The highest BCUT2D eigenvalue weighted by Gasteiger charge is 2.23. The number of halogens is 2. The predicted molar refractivity (Wildman–Crippen MR) is 97.7 cm³/mol. The van der Waals surface area contributed by atoms with Crippen molar-refractivity contribution in [3.8, 4) is 0 Å². The molecule has 7 heteroatoms. The summed E-state index contributed by atoms with van der Waals surface area (Å²) >= 11 is 0. The highest BCUT2D eigenvalue weighted by molar-refractivity contribution is 7.92. The summed E-state index contributed by atoms with van der Waals surface area (Å²) < 4.78 is 53.3. The lowest BCUT2D eigenvalue weighted by Gasteiger charge is -2.15. The Morgan fingerprint density at radius 2 is 1.85 bits per heavy atom. The van der Waals surface area contributed by atoms with Crippen LogP contribution >= 0.6 is 0 Å². The van der Waals surface area contributed by atoms with E-state index in [9.17, 15) is 17.2 Å². The molecule has 1 aliphatic rings. The maximum absolute atomic E-state index is 13.3. The number of benzene rings is 2. The fourth-order valence-corrected chi connectivity index (χ4v) is 4.38. The van der Waals surface area contributed by atoms with Gasteiger partial charge in [-0.05, 0) is 67.7 Å². The first-order valence-electron chi connectivity index (χ1n) is 8.69. The van der Waals surface area contributed by atoms with Crippen molar-refractivity contribution in [2.24, 2.45) is 0 Å². The molecule has 0 amide bonds. The Morgan fingerprint density at radius 1 is 1.12 bits per heavy atom. The van der Waals surface area contributed by atoms with Gasteiger partial charge in [0.15, 0.2) is 11.6 Å². The van der Waals surface area contributed by atoms with Gasteiger partial charge in [-0.15, -0.1) is 0 Å². The van der Waals surface area contributed by atoms with Crippen LogP contribution in [0.15, 0.2) is 47.4 Å². The zero-order valence-corrected chi connectivity index (χ0v) is 15.4. The summed E-state index contributed by atoms with van der Waals surface area (Å²) in [5.74, 6) is -1.82. The molecular formula is C19H22F2N2O2S. The minimum Gasteiger partial charge on any atom is -0.303 e. The van der Waals surface area contributed by atoms with Gasteiger partial charge in [0, 0.05) is 12.2 Å². The standard InChI is InChI=1S/C19H22F2N2O2S/c1-2-10-23-11-9-15(13-23)14-3-5-16(6-4-14)22-26(24,25)17-7-8-18(20)19(21)12-17/h3-8,12,15,22H,2,9-11,13H2,1H3/t15-/m1/s1. The van der Waals surface area contributed by atoms with Gasteiger partial charge in [0.25, 0.3) is 10.0 Å². The molecule has 2 aromatic carbocycles. The van der Waals surface area contributed by atoms with Gasteiger partial charge in [0.05, 0.1) is 4.90 Å². The van der Waals surface area contributed by atoms with Gasteiger partial charge in [-0.25, -0.2) is 17.2 Å². The molecule has 0 bridgehead atoms. The quantitative estimate of drug-likeness (QED) is 0.825. The third-order valence-corrected chi connectivity index (χ3v) is 6.03. The van der Waals surface area contributed by atoms with Crippen molar-refractivity contribution in [3.05, 3.63) is 59.7 Å². The number of hydrogen-bond donors (Lipinski definition) is 1. The molecule has 1 N–H and O–H groups in total. The molecular weight excluding hydrogens is 358 g/mol. The first-order chi connectivity index (χ1) is 12.4. The number of nitrogens with zero attached hydrogens (tertiary/aromatic N) is 1. The van der Waals surface area contributed by atoms with Crippen LogP contribution in [0.1, 0.15) is 31.2 Å². The molecule has 4 nitrogen and oxygen atoms in total. The second-order valence-electron chi connectivity index (χ2n) is 6.59. The summed E-state index contributed by atoms with van der Waals surface area (Å²) in [6.45, 7) is 5.38. The van der Waals surface area contributed by atoms with E-state index in [1.165, 1.54) is 5.56 Å². The normalized spacial score (nSPS) is 18.2. The van der Waals surface area contributed by atoms with Crippen LogP contribution in [0, 0.1) is 11.6 Å². The van der Waals surface area contributed by atoms with Crippen LogP contribution in [0.5, 0.6) is 0 Å². The second-order valence-corrected chi connectivity index (χ2v) is 8.27. The first kappa shape index (κ1) is 18.8. The van der Waals surface area contributed by atoms with Gasteiger partial charge in [0.1, 0.15) is 0 Å². The van der Waals surface area contributed by atoms with E-state index in [2.05, 4.69) is 16.5 Å². The van der Waals surface area contributed by atoms with E-state index < -0.39 is 21.7 Å². The third kappa shape index (κ3) is 4.22. The van der Waals surface area contributed by atoms with Crippen molar-refractivity contribution in [2.75, 3.05) is 24.4 Å². The molecule has 0 aromatic heterocycles. The zero-order valence-electron chi connectivity index (χ0n) is 14.6. The number of anilines is 1. The monoisotopic (exact) mass is 380 g/mol. The molecule has 0 radical (unpaired) electrons. The molecule has 0 saturated carbocycles. The molecule has 0 aliphatic carbocycles. The average molecular weight is 380 g/mol. The van der Waals surface area contributed by atoms with Crippen molar-refractivity contribution < 1.29 is 17.2 Å². The summed E-state index contributed by atoms with van der Waals surface area (Å²) in [6, 6.07) is 9.76. The van der Waals surface area contributed by atoms with Gasteiger partial charge in [-0.2, -0.15) is 0 Å². The van der Waals surface area contributed by atoms with E-state index in [0.29, 0.717) is 17.7 Å². The largest absolute Gasteiger partial charge is 0.303 e.